The average molecular weight is 348 g/mol. The first-order chi connectivity index (χ1) is 12.1. The molecule has 1 aliphatic rings. The summed E-state index contributed by atoms with van der Waals surface area (Å²) in [6.45, 7) is -0.508. The average Bonchev–Trinajstić information content (AvgIpc) is 2.64. The maximum atomic E-state index is 10.1. The summed E-state index contributed by atoms with van der Waals surface area (Å²) in [5.41, 5.74) is 1.53. The summed E-state index contributed by atoms with van der Waals surface area (Å²) in [4.78, 5) is 0. The van der Waals surface area contributed by atoms with Gasteiger partial charge in [-0.05, 0) is 18.2 Å². The van der Waals surface area contributed by atoms with Crippen molar-refractivity contribution >= 4 is 0 Å². The smallest absolute Gasteiger partial charge is 0.229 e. The van der Waals surface area contributed by atoms with Crippen LogP contribution in [-0.2, 0) is 11.2 Å². The molecule has 0 aliphatic carbocycles. The summed E-state index contributed by atoms with van der Waals surface area (Å²) < 4.78 is 11.1. The Balaban J connectivity index is 1.78. The molecule has 1 saturated heterocycles. The van der Waals surface area contributed by atoms with E-state index in [0.717, 1.165) is 11.3 Å². The maximum absolute atomic E-state index is 10.1. The molecule has 0 spiro atoms. The van der Waals surface area contributed by atoms with Gasteiger partial charge in [-0.15, -0.1) is 0 Å². The van der Waals surface area contributed by atoms with E-state index >= 15 is 0 Å². The highest BCUT2D eigenvalue weighted by Crippen LogP contribution is 2.27. The highest BCUT2D eigenvalue weighted by molar-refractivity contribution is 5.36. The fourth-order valence-electron chi connectivity index (χ4n) is 2.68. The van der Waals surface area contributed by atoms with E-state index in [0.29, 0.717) is 12.2 Å². The molecule has 8 heteroatoms. The molecule has 0 bridgehead atoms. The van der Waals surface area contributed by atoms with Crippen LogP contribution in [0.3, 0.4) is 0 Å². The maximum Gasteiger partial charge on any atom is 0.229 e. The normalized spacial score (nSPS) is 29.4. The van der Waals surface area contributed by atoms with Crippen molar-refractivity contribution in [2.45, 2.75) is 37.1 Å². The van der Waals surface area contributed by atoms with E-state index in [1.807, 2.05) is 18.2 Å². The predicted molar refractivity (Wildman–Crippen MR) is 85.7 cm³/mol. The standard InChI is InChI=1S/C17H20N2O6/c20-9-13-14(21)15(22)16(23)17(25-13)24-12-6-2-1-4-10(12)8-11-5-3-7-18-19-11/h1-7,13-17,20-23H,8-9H2/t13-,14-,15+,16-,17?/m1/s1. The van der Waals surface area contributed by atoms with Crippen LogP contribution in [0.25, 0.3) is 0 Å². The molecule has 134 valence electrons. The Morgan fingerprint density at radius 3 is 2.52 bits per heavy atom. The van der Waals surface area contributed by atoms with Gasteiger partial charge in [0.25, 0.3) is 0 Å². The molecular formula is C17H20N2O6. The summed E-state index contributed by atoms with van der Waals surface area (Å²) >= 11 is 0. The van der Waals surface area contributed by atoms with Gasteiger partial charge >= 0.3 is 0 Å². The Bertz CT molecular complexity index is 684. The largest absolute Gasteiger partial charge is 0.462 e. The molecule has 8 nitrogen and oxygen atoms in total. The van der Waals surface area contributed by atoms with Crippen LogP contribution >= 0.6 is 0 Å². The Morgan fingerprint density at radius 2 is 1.80 bits per heavy atom. The van der Waals surface area contributed by atoms with Gasteiger partial charge in [0.1, 0.15) is 30.2 Å². The lowest BCUT2D eigenvalue weighted by Gasteiger charge is -2.39. The van der Waals surface area contributed by atoms with E-state index in [1.54, 1.807) is 24.4 Å². The zero-order chi connectivity index (χ0) is 17.8. The molecule has 3 rings (SSSR count). The van der Waals surface area contributed by atoms with Crippen molar-refractivity contribution in [2.24, 2.45) is 0 Å². The molecular weight excluding hydrogens is 328 g/mol. The minimum Gasteiger partial charge on any atom is -0.462 e. The molecule has 1 aromatic heterocycles. The van der Waals surface area contributed by atoms with Crippen molar-refractivity contribution in [3.05, 3.63) is 53.9 Å². The summed E-state index contributed by atoms with van der Waals surface area (Å²) in [6, 6.07) is 10.8. The number of ether oxygens (including phenoxy) is 2. The molecule has 2 heterocycles. The summed E-state index contributed by atoms with van der Waals surface area (Å²) in [7, 11) is 0. The fraction of sp³-hybridized carbons (Fsp3) is 0.412. The highest BCUT2D eigenvalue weighted by Gasteiger charge is 2.44. The summed E-state index contributed by atoms with van der Waals surface area (Å²) in [5, 5.41) is 46.9. The third-order valence-electron chi connectivity index (χ3n) is 4.06. The van der Waals surface area contributed by atoms with Gasteiger partial charge in [0.05, 0.1) is 12.3 Å². The van der Waals surface area contributed by atoms with Crippen molar-refractivity contribution in [2.75, 3.05) is 6.61 Å². The van der Waals surface area contributed by atoms with E-state index in [2.05, 4.69) is 10.2 Å². The molecule has 4 N–H and O–H groups in total. The van der Waals surface area contributed by atoms with Crippen molar-refractivity contribution in [1.82, 2.24) is 10.2 Å². The number of aliphatic hydroxyl groups is 4. The Morgan fingerprint density at radius 1 is 1.00 bits per heavy atom. The molecule has 1 aromatic carbocycles. The van der Waals surface area contributed by atoms with Gasteiger partial charge in [0.2, 0.25) is 6.29 Å². The molecule has 1 aliphatic heterocycles. The van der Waals surface area contributed by atoms with Crippen LogP contribution in [0.15, 0.2) is 42.6 Å². The number of benzene rings is 1. The van der Waals surface area contributed by atoms with Gasteiger partial charge in [-0.3, -0.25) is 0 Å². The second-order valence-corrected chi connectivity index (χ2v) is 5.81. The van der Waals surface area contributed by atoms with Gasteiger partial charge in [0.15, 0.2) is 0 Å². The molecule has 1 unspecified atom stereocenters. The second kappa shape index (κ2) is 7.85. The first kappa shape index (κ1) is 17.7. The number of aliphatic hydroxyl groups excluding tert-OH is 4. The highest BCUT2D eigenvalue weighted by atomic mass is 16.7. The van der Waals surface area contributed by atoms with Crippen molar-refractivity contribution < 1.29 is 29.9 Å². The third-order valence-corrected chi connectivity index (χ3v) is 4.06. The first-order valence-corrected chi connectivity index (χ1v) is 7.92. The Hall–Kier alpha value is -2.10. The number of hydrogen-bond acceptors (Lipinski definition) is 8. The molecule has 5 atom stereocenters. The third kappa shape index (κ3) is 3.94. The van der Waals surface area contributed by atoms with Crippen LogP contribution in [0.2, 0.25) is 0 Å². The molecule has 2 aromatic rings. The number of aromatic nitrogens is 2. The van der Waals surface area contributed by atoms with E-state index in [-0.39, 0.29) is 0 Å². The number of rotatable bonds is 5. The molecule has 0 radical (unpaired) electrons. The van der Waals surface area contributed by atoms with E-state index in [1.165, 1.54) is 0 Å². The summed E-state index contributed by atoms with van der Waals surface area (Å²) in [5.74, 6) is 0.442. The zero-order valence-electron chi connectivity index (χ0n) is 13.3. The number of hydrogen-bond donors (Lipinski definition) is 4. The second-order valence-electron chi connectivity index (χ2n) is 5.81. The SMILES string of the molecule is OC[C@H]1OC(Oc2ccccc2Cc2cccnn2)[C@H](O)[C@@H](O)[C@@H]1O. The van der Waals surface area contributed by atoms with Crippen LogP contribution in [-0.4, -0.2) is 67.9 Å². The van der Waals surface area contributed by atoms with Gasteiger partial charge < -0.3 is 29.9 Å². The monoisotopic (exact) mass is 348 g/mol. The zero-order valence-corrected chi connectivity index (χ0v) is 13.3. The van der Waals surface area contributed by atoms with E-state index in [4.69, 9.17) is 9.47 Å². The van der Waals surface area contributed by atoms with Crippen molar-refractivity contribution in [1.29, 1.82) is 0 Å². The quantitative estimate of drug-likeness (QED) is 0.556. The van der Waals surface area contributed by atoms with Crippen LogP contribution in [0.5, 0.6) is 5.75 Å². The van der Waals surface area contributed by atoms with Crippen LogP contribution in [0, 0.1) is 0 Å². The van der Waals surface area contributed by atoms with Crippen LogP contribution < -0.4 is 4.74 Å². The van der Waals surface area contributed by atoms with Gasteiger partial charge in [-0.2, -0.15) is 10.2 Å². The molecule has 0 amide bonds. The van der Waals surface area contributed by atoms with Gasteiger partial charge in [-0.1, -0.05) is 18.2 Å². The molecule has 0 saturated carbocycles. The first-order valence-electron chi connectivity index (χ1n) is 7.92. The predicted octanol–water partition coefficient (Wildman–Crippen LogP) is -0.754. The molecule has 25 heavy (non-hydrogen) atoms. The van der Waals surface area contributed by atoms with Crippen molar-refractivity contribution in [3.8, 4) is 5.75 Å². The lowest BCUT2D eigenvalue weighted by molar-refractivity contribution is -0.277. The Labute approximate surface area is 144 Å². The topological polar surface area (TPSA) is 125 Å². The molecule has 1 fully saturated rings. The lowest BCUT2D eigenvalue weighted by Crippen LogP contribution is -2.60. The Kier molecular flexibility index (Phi) is 5.57. The number of nitrogens with zero attached hydrogens (tertiary/aromatic N) is 2. The van der Waals surface area contributed by atoms with Gasteiger partial charge in [0, 0.05) is 18.2 Å². The van der Waals surface area contributed by atoms with E-state index < -0.39 is 37.3 Å². The van der Waals surface area contributed by atoms with E-state index in [9.17, 15) is 20.4 Å². The minimum atomic E-state index is -1.48. The number of para-hydroxylation sites is 1. The van der Waals surface area contributed by atoms with Crippen LogP contribution in [0.4, 0.5) is 0 Å². The minimum absolute atomic E-state index is 0.442. The lowest BCUT2D eigenvalue weighted by atomic mass is 9.99. The van der Waals surface area contributed by atoms with Gasteiger partial charge in [-0.25, -0.2) is 0 Å². The summed E-state index contributed by atoms with van der Waals surface area (Å²) in [6.07, 6.45) is -4.56. The fourth-order valence-corrected chi connectivity index (χ4v) is 2.68. The van der Waals surface area contributed by atoms with Crippen LogP contribution in [0.1, 0.15) is 11.3 Å². The van der Waals surface area contributed by atoms with Crippen molar-refractivity contribution in [3.63, 3.8) is 0 Å².